The van der Waals surface area contributed by atoms with Crippen molar-refractivity contribution in [1.29, 1.82) is 5.26 Å². The van der Waals surface area contributed by atoms with Gasteiger partial charge in [-0.2, -0.15) is 10.2 Å². The average Bonchev–Trinajstić information content (AvgIpc) is 2.85. The van der Waals surface area contributed by atoms with E-state index in [2.05, 4.69) is 27.0 Å². The summed E-state index contributed by atoms with van der Waals surface area (Å²) in [7, 11) is 0. The second-order valence-electron chi connectivity index (χ2n) is 4.16. The van der Waals surface area contributed by atoms with Gasteiger partial charge in [0.1, 0.15) is 11.4 Å². The normalized spacial score (nSPS) is 10.4. The molecule has 3 rings (SSSR count). The number of halogens is 1. The number of ether oxygens (including phenoxy) is 1. The van der Waals surface area contributed by atoms with Gasteiger partial charge in [-0.25, -0.2) is 0 Å². The van der Waals surface area contributed by atoms with Crippen LogP contribution in [0.15, 0.2) is 48.7 Å². The van der Waals surface area contributed by atoms with E-state index in [1.54, 1.807) is 24.3 Å². The van der Waals surface area contributed by atoms with Crippen LogP contribution in [0.1, 0.15) is 11.3 Å². The highest BCUT2D eigenvalue weighted by Gasteiger charge is 2.12. The van der Waals surface area contributed by atoms with Crippen LogP contribution in [0.5, 0.6) is 11.6 Å². The molecule has 20 heavy (non-hydrogen) atoms. The Morgan fingerprint density at radius 2 is 2.00 bits per heavy atom. The Kier molecular flexibility index (Phi) is 3.40. The first-order chi connectivity index (χ1) is 9.81. The number of nitrogens with zero attached hydrogens (tertiary/aromatic N) is 3. The van der Waals surface area contributed by atoms with Crippen molar-refractivity contribution in [2.45, 2.75) is 5.33 Å². The first-order valence-corrected chi connectivity index (χ1v) is 7.14. The summed E-state index contributed by atoms with van der Waals surface area (Å²) in [6.45, 7) is 0. The van der Waals surface area contributed by atoms with Gasteiger partial charge in [0.15, 0.2) is 0 Å². The molecule has 0 bridgehead atoms. The third-order valence-electron chi connectivity index (χ3n) is 2.92. The van der Waals surface area contributed by atoms with Gasteiger partial charge in [-0.05, 0) is 36.4 Å². The molecule has 0 aliphatic carbocycles. The summed E-state index contributed by atoms with van der Waals surface area (Å²) >= 11 is 3.46. The predicted molar refractivity (Wildman–Crippen MR) is 79.1 cm³/mol. The van der Waals surface area contributed by atoms with Crippen molar-refractivity contribution in [3.05, 3.63) is 59.9 Å². The lowest BCUT2D eigenvalue weighted by Gasteiger charge is -2.04. The molecule has 0 aliphatic rings. The molecule has 0 saturated heterocycles. The maximum absolute atomic E-state index is 8.78. The van der Waals surface area contributed by atoms with Gasteiger partial charge in [-0.1, -0.05) is 22.0 Å². The molecule has 4 nitrogen and oxygen atoms in total. The molecule has 0 fully saturated rings. The molecule has 0 saturated carbocycles. The van der Waals surface area contributed by atoms with E-state index in [4.69, 9.17) is 10.00 Å². The highest BCUT2D eigenvalue weighted by molar-refractivity contribution is 9.08. The van der Waals surface area contributed by atoms with Crippen LogP contribution in [0.3, 0.4) is 0 Å². The summed E-state index contributed by atoms with van der Waals surface area (Å²) in [5, 5.41) is 9.43. The second kappa shape index (κ2) is 5.35. The van der Waals surface area contributed by atoms with E-state index in [9.17, 15) is 0 Å². The molecular formula is C15H10BrN3O. The van der Waals surface area contributed by atoms with Gasteiger partial charge >= 0.3 is 0 Å². The number of imidazole rings is 1. The van der Waals surface area contributed by atoms with Crippen molar-refractivity contribution in [2.75, 3.05) is 0 Å². The first kappa shape index (κ1) is 12.7. The monoisotopic (exact) mass is 327 g/mol. The minimum atomic E-state index is 0.567. The maximum Gasteiger partial charge on any atom is 0.242 e. The van der Waals surface area contributed by atoms with Gasteiger partial charge in [0.25, 0.3) is 0 Å². The Morgan fingerprint density at radius 1 is 1.20 bits per heavy atom. The van der Waals surface area contributed by atoms with Gasteiger partial charge in [-0.15, -0.1) is 0 Å². The zero-order chi connectivity index (χ0) is 13.9. The van der Waals surface area contributed by atoms with Crippen LogP contribution in [0, 0.1) is 11.3 Å². The minimum absolute atomic E-state index is 0.567. The predicted octanol–water partition coefficient (Wildman–Crippen LogP) is 3.89. The summed E-state index contributed by atoms with van der Waals surface area (Å²) in [4.78, 5) is 4.47. The number of alkyl halides is 1. The highest BCUT2D eigenvalue weighted by atomic mass is 79.9. The number of nitriles is 1. The molecule has 3 aromatic rings. The third kappa shape index (κ3) is 2.26. The standard InChI is InChI=1S/C15H10BrN3O/c16-9-13-15(18-14-3-1-2-8-19(13)14)20-12-6-4-11(10-17)5-7-12/h1-8H,9H2. The van der Waals surface area contributed by atoms with Crippen molar-refractivity contribution >= 4 is 21.6 Å². The quantitative estimate of drug-likeness (QED) is 0.685. The van der Waals surface area contributed by atoms with Crippen molar-refractivity contribution < 1.29 is 4.74 Å². The number of benzene rings is 1. The molecular weight excluding hydrogens is 318 g/mol. The van der Waals surface area contributed by atoms with Crippen LogP contribution in [-0.4, -0.2) is 9.38 Å². The molecule has 0 unspecified atom stereocenters. The van der Waals surface area contributed by atoms with Crippen LogP contribution in [0.2, 0.25) is 0 Å². The van der Waals surface area contributed by atoms with Crippen LogP contribution in [0.25, 0.3) is 5.65 Å². The lowest BCUT2D eigenvalue weighted by molar-refractivity contribution is 0.462. The molecule has 5 heteroatoms. The van der Waals surface area contributed by atoms with Gasteiger partial charge < -0.3 is 4.74 Å². The van der Waals surface area contributed by atoms with E-state index in [-0.39, 0.29) is 0 Å². The third-order valence-corrected chi connectivity index (χ3v) is 3.45. The number of hydrogen-bond donors (Lipinski definition) is 0. The second-order valence-corrected chi connectivity index (χ2v) is 4.73. The molecule has 98 valence electrons. The Bertz CT molecular complexity index is 787. The molecule has 0 spiro atoms. The number of fused-ring (bicyclic) bond motifs is 1. The fourth-order valence-electron chi connectivity index (χ4n) is 1.94. The van der Waals surface area contributed by atoms with Gasteiger partial charge in [-0.3, -0.25) is 4.40 Å². The van der Waals surface area contributed by atoms with Crippen LogP contribution >= 0.6 is 15.9 Å². The molecule has 1 aromatic carbocycles. The van der Waals surface area contributed by atoms with Crippen LogP contribution in [0.4, 0.5) is 0 Å². The zero-order valence-corrected chi connectivity index (χ0v) is 12.0. The Hall–Kier alpha value is -2.32. The number of pyridine rings is 1. The van der Waals surface area contributed by atoms with Crippen molar-refractivity contribution in [1.82, 2.24) is 9.38 Å². The fraction of sp³-hybridized carbons (Fsp3) is 0.0667. The lowest BCUT2D eigenvalue weighted by Crippen LogP contribution is -1.91. The van der Waals surface area contributed by atoms with Gasteiger partial charge in [0, 0.05) is 11.5 Å². The summed E-state index contributed by atoms with van der Waals surface area (Å²) in [5.74, 6) is 1.23. The van der Waals surface area contributed by atoms with Crippen molar-refractivity contribution in [3.8, 4) is 17.7 Å². The SMILES string of the molecule is N#Cc1ccc(Oc2nc3ccccn3c2CBr)cc1. The van der Waals surface area contributed by atoms with E-state index in [0.29, 0.717) is 22.5 Å². The largest absolute Gasteiger partial charge is 0.437 e. The van der Waals surface area contributed by atoms with Gasteiger partial charge in [0.05, 0.1) is 17.3 Å². The Balaban J connectivity index is 1.99. The zero-order valence-electron chi connectivity index (χ0n) is 10.5. The summed E-state index contributed by atoms with van der Waals surface area (Å²) in [6.07, 6.45) is 1.95. The maximum atomic E-state index is 8.78. The summed E-state index contributed by atoms with van der Waals surface area (Å²) < 4.78 is 7.79. The molecule has 0 radical (unpaired) electrons. The first-order valence-electron chi connectivity index (χ1n) is 6.02. The lowest BCUT2D eigenvalue weighted by atomic mass is 10.2. The molecule has 2 heterocycles. The number of rotatable bonds is 3. The molecule has 0 atom stereocenters. The Morgan fingerprint density at radius 3 is 2.70 bits per heavy atom. The van der Waals surface area contributed by atoms with E-state index in [1.807, 2.05) is 28.8 Å². The number of aromatic nitrogens is 2. The van der Waals surface area contributed by atoms with Crippen molar-refractivity contribution in [2.24, 2.45) is 0 Å². The Labute approximate surface area is 124 Å². The topological polar surface area (TPSA) is 50.3 Å². The molecule has 2 aromatic heterocycles. The smallest absolute Gasteiger partial charge is 0.242 e. The number of hydrogen-bond acceptors (Lipinski definition) is 3. The van der Waals surface area contributed by atoms with Crippen LogP contribution in [-0.2, 0) is 5.33 Å². The fourth-order valence-corrected chi connectivity index (χ4v) is 2.45. The summed E-state index contributed by atoms with van der Waals surface area (Å²) in [5.41, 5.74) is 2.39. The molecule has 0 amide bonds. The van der Waals surface area contributed by atoms with E-state index in [1.165, 1.54) is 0 Å². The minimum Gasteiger partial charge on any atom is -0.437 e. The summed E-state index contributed by atoms with van der Waals surface area (Å²) in [6, 6.07) is 14.9. The van der Waals surface area contributed by atoms with Crippen molar-refractivity contribution in [3.63, 3.8) is 0 Å². The van der Waals surface area contributed by atoms with E-state index >= 15 is 0 Å². The van der Waals surface area contributed by atoms with Crippen LogP contribution < -0.4 is 4.74 Å². The average molecular weight is 328 g/mol. The van der Waals surface area contributed by atoms with E-state index < -0.39 is 0 Å². The van der Waals surface area contributed by atoms with Gasteiger partial charge in [0.2, 0.25) is 5.88 Å². The highest BCUT2D eigenvalue weighted by Crippen LogP contribution is 2.27. The molecule has 0 N–H and O–H groups in total. The van der Waals surface area contributed by atoms with E-state index in [0.717, 1.165) is 11.3 Å². The molecule has 0 aliphatic heterocycles.